The molecule has 0 unspecified atom stereocenters. The second-order valence-electron chi connectivity index (χ2n) is 4.28. The first-order valence-corrected chi connectivity index (χ1v) is 6.54. The number of carbonyl (C=O) groups excluding carboxylic acids is 1. The van der Waals surface area contributed by atoms with Crippen LogP contribution in [0.5, 0.6) is 5.75 Å². The predicted octanol–water partition coefficient (Wildman–Crippen LogP) is 2.77. The lowest BCUT2D eigenvalue weighted by molar-refractivity contribution is -0.142. The van der Waals surface area contributed by atoms with Crippen LogP contribution in [0.4, 0.5) is 0 Å². The van der Waals surface area contributed by atoms with Gasteiger partial charge in [0.25, 0.3) is 0 Å². The lowest BCUT2D eigenvalue weighted by Crippen LogP contribution is -2.07. The Bertz CT molecular complexity index is 555. The Labute approximate surface area is 118 Å². The monoisotopic (exact) mass is 271 g/mol. The van der Waals surface area contributed by atoms with E-state index in [-0.39, 0.29) is 12.4 Å². The van der Waals surface area contributed by atoms with E-state index in [4.69, 9.17) is 9.47 Å². The van der Waals surface area contributed by atoms with Crippen molar-refractivity contribution in [1.82, 2.24) is 4.98 Å². The highest BCUT2D eigenvalue weighted by atomic mass is 16.5. The summed E-state index contributed by atoms with van der Waals surface area (Å²) in [4.78, 5) is 15.5. The Kier molecular flexibility index (Phi) is 5.12. The number of hydrogen-bond acceptors (Lipinski definition) is 4. The molecule has 4 heteroatoms. The number of carbonyl (C=O) groups is 1. The molecule has 2 rings (SSSR count). The molecule has 0 spiro atoms. The van der Waals surface area contributed by atoms with Gasteiger partial charge < -0.3 is 9.47 Å². The summed E-state index contributed by atoms with van der Waals surface area (Å²) in [6.45, 7) is 2.65. The molecule has 0 N–H and O–H groups in total. The van der Waals surface area contributed by atoms with Gasteiger partial charge in [0.1, 0.15) is 12.4 Å². The minimum absolute atomic E-state index is 0.212. The second kappa shape index (κ2) is 7.28. The van der Waals surface area contributed by atoms with Crippen LogP contribution in [0.3, 0.4) is 0 Å². The normalized spacial score (nSPS) is 10.1. The van der Waals surface area contributed by atoms with Crippen molar-refractivity contribution in [3.63, 3.8) is 0 Å². The maximum absolute atomic E-state index is 11.4. The maximum Gasteiger partial charge on any atom is 0.310 e. The smallest absolute Gasteiger partial charge is 0.310 e. The summed E-state index contributed by atoms with van der Waals surface area (Å²) in [5.74, 6) is 0.394. The number of hydrogen-bond donors (Lipinski definition) is 0. The number of benzene rings is 1. The van der Waals surface area contributed by atoms with Crippen LogP contribution in [0.25, 0.3) is 0 Å². The minimum Gasteiger partial charge on any atom is -0.487 e. The van der Waals surface area contributed by atoms with Crippen LogP contribution >= 0.6 is 0 Å². The van der Waals surface area contributed by atoms with Crippen molar-refractivity contribution in [2.24, 2.45) is 0 Å². The van der Waals surface area contributed by atoms with Crippen molar-refractivity contribution in [2.45, 2.75) is 20.0 Å². The van der Waals surface area contributed by atoms with Crippen LogP contribution < -0.4 is 4.74 Å². The van der Waals surface area contributed by atoms with Crippen molar-refractivity contribution in [2.75, 3.05) is 6.61 Å². The van der Waals surface area contributed by atoms with E-state index in [0.717, 1.165) is 11.1 Å². The predicted molar refractivity (Wildman–Crippen MR) is 75.3 cm³/mol. The molecule has 104 valence electrons. The first-order chi connectivity index (χ1) is 9.78. The van der Waals surface area contributed by atoms with Crippen molar-refractivity contribution >= 4 is 5.97 Å². The van der Waals surface area contributed by atoms with Gasteiger partial charge in [0.2, 0.25) is 0 Å². The summed E-state index contributed by atoms with van der Waals surface area (Å²) < 4.78 is 10.6. The van der Waals surface area contributed by atoms with Gasteiger partial charge in [-0.1, -0.05) is 30.3 Å². The number of nitrogens with zero attached hydrogens (tertiary/aromatic N) is 1. The SMILES string of the molecule is CCOC(=O)Cc1cncc(OCc2ccccc2)c1. The quantitative estimate of drug-likeness (QED) is 0.758. The second-order valence-corrected chi connectivity index (χ2v) is 4.28. The Morgan fingerprint density at radius 3 is 2.70 bits per heavy atom. The van der Waals surface area contributed by atoms with Crippen molar-refractivity contribution in [3.8, 4) is 5.75 Å². The number of rotatable bonds is 6. The Morgan fingerprint density at radius 2 is 1.95 bits per heavy atom. The van der Waals surface area contributed by atoms with E-state index in [0.29, 0.717) is 19.0 Å². The van der Waals surface area contributed by atoms with Gasteiger partial charge in [0.15, 0.2) is 0 Å². The topological polar surface area (TPSA) is 48.4 Å². The average Bonchev–Trinajstić information content (AvgIpc) is 2.47. The van der Waals surface area contributed by atoms with Crippen LogP contribution in [0.1, 0.15) is 18.1 Å². The van der Waals surface area contributed by atoms with Crippen LogP contribution in [-0.4, -0.2) is 17.6 Å². The summed E-state index contributed by atoms with van der Waals surface area (Å²) in [6, 6.07) is 11.7. The number of esters is 1. The van der Waals surface area contributed by atoms with Gasteiger partial charge in [-0.2, -0.15) is 0 Å². The van der Waals surface area contributed by atoms with Gasteiger partial charge in [-0.3, -0.25) is 9.78 Å². The maximum atomic E-state index is 11.4. The molecule has 0 radical (unpaired) electrons. The highest BCUT2D eigenvalue weighted by Gasteiger charge is 2.05. The third-order valence-corrected chi connectivity index (χ3v) is 2.67. The first-order valence-electron chi connectivity index (χ1n) is 6.54. The molecular weight excluding hydrogens is 254 g/mol. The Morgan fingerprint density at radius 1 is 1.15 bits per heavy atom. The molecule has 20 heavy (non-hydrogen) atoms. The molecule has 1 heterocycles. The zero-order valence-corrected chi connectivity index (χ0v) is 11.4. The van der Waals surface area contributed by atoms with Crippen LogP contribution in [0.15, 0.2) is 48.8 Å². The largest absolute Gasteiger partial charge is 0.487 e. The molecule has 0 saturated carbocycles. The molecule has 0 aliphatic rings. The summed E-state index contributed by atoms with van der Waals surface area (Å²) in [7, 11) is 0. The lowest BCUT2D eigenvalue weighted by Gasteiger charge is -2.07. The van der Waals surface area contributed by atoms with Crippen molar-refractivity contribution in [3.05, 3.63) is 59.9 Å². The van der Waals surface area contributed by atoms with Gasteiger partial charge >= 0.3 is 5.97 Å². The number of pyridine rings is 1. The fourth-order valence-electron chi connectivity index (χ4n) is 1.76. The zero-order valence-electron chi connectivity index (χ0n) is 11.4. The highest BCUT2D eigenvalue weighted by Crippen LogP contribution is 2.14. The van der Waals surface area contributed by atoms with E-state index in [1.165, 1.54) is 0 Å². The first kappa shape index (κ1) is 14.1. The standard InChI is InChI=1S/C16H17NO3/c1-2-19-16(18)9-14-8-15(11-17-10-14)20-12-13-6-4-3-5-7-13/h3-8,10-11H,2,9,12H2,1H3. The van der Waals surface area contributed by atoms with E-state index in [2.05, 4.69) is 4.98 Å². The molecule has 0 aliphatic heterocycles. The third-order valence-electron chi connectivity index (χ3n) is 2.67. The summed E-state index contributed by atoms with van der Waals surface area (Å²) in [5, 5.41) is 0. The molecule has 0 saturated heterocycles. The van der Waals surface area contributed by atoms with Gasteiger partial charge in [0.05, 0.1) is 19.2 Å². The van der Waals surface area contributed by atoms with Crippen molar-refractivity contribution < 1.29 is 14.3 Å². The fourth-order valence-corrected chi connectivity index (χ4v) is 1.76. The molecule has 1 aromatic heterocycles. The van der Waals surface area contributed by atoms with E-state index < -0.39 is 0 Å². The van der Waals surface area contributed by atoms with Crippen LogP contribution in [-0.2, 0) is 22.6 Å². The molecule has 0 fully saturated rings. The Hall–Kier alpha value is -2.36. The molecular formula is C16H17NO3. The van der Waals surface area contributed by atoms with Crippen LogP contribution in [0.2, 0.25) is 0 Å². The van der Waals surface area contributed by atoms with Gasteiger partial charge in [-0.05, 0) is 24.1 Å². The number of aromatic nitrogens is 1. The molecule has 0 aliphatic carbocycles. The molecule has 1 aromatic carbocycles. The molecule has 2 aromatic rings. The summed E-state index contributed by atoms with van der Waals surface area (Å²) >= 11 is 0. The Balaban J connectivity index is 1.94. The summed E-state index contributed by atoms with van der Waals surface area (Å²) in [6.07, 6.45) is 3.49. The van der Waals surface area contributed by atoms with E-state index >= 15 is 0 Å². The summed E-state index contributed by atoms with van der Waals surface area (Å²) in [5.41, 5.74) is 1.87. The van der Waals surface area contributed by atoms with E-state index in [1.54, 1.807) is 19.3 Å². The van der Waals surface area contributed by atoms with Gasteiger partial charge in [-0.15, -0.1) is 0 Å². The lowest BCUT2D eigenvalue weighted by atomic mass is 10.2. The zero-order chi connectivity index (χ0) is 14.2. The molecule has 4 nitrogen and oxygen atoms in total. The molecule has 0 bridgehead atoms. The van der Waals surface area contributed by atoms with Gasteiger partial charge in [-0.25, -0.2) is 0 Å². The minimum atomic E-state index is -0.255. The average molecular weight is 271 g/mol. The molecule has 0 amide bonds. The molecule has 0 atom stereocenters. The third kappa shape index (κ3) is 4.39. The van der Waals surface area contributed by atoms with E-state index in [1.807, 2.05) is 36.4 Å². The van der Waals surface area contributed by atoms with E-state index in [9.17, 15) is 4.79 Å². The highest BCUT2D eigenvalue weighted by molar-refractivity contribution is 5.72. The fraction of sp³-hybridized carbons (Fsp3) is 0.250. The van der Waals surface area contributed by atoms with Crippen LogP contribution in [0, 0.1) is 0 Å². The van der Waals surface area contributed by atoms with Gasteiger partial charge in [0, 0.05) is 6.20 Å². The van der Waals surface area contributed by atoms with Crippen molar-refractivity contribution in [1.29, 1.82) is 0 Å². The number of ether oxygens (including phenoxy) is 2.